The molecule has 0 radical (unpaired) electrons. The van der Waals surface area contributed by atoms with Crippen molar-refractivity contribution >= 4 is 5.57 Å². The van der Waals surface area contributed by atoms with E-state index in [0.29, 0.717) is 5.92 Å². The summed E-state index contributed by atoms with van der Waals surface area (Å²) in [7, 11) is 0. The molecule has 3 nitrogen and oxygen atoms in total. The van der Waals surface area contributed by atoms with Gasteiger partial charge in [-0.15, -0.1) is 0 Å². The number of pyridine rings is 1. The van der Waals surface area contributed by atoms with E-state index in [1.54, 1.807) is 6.20 Å². The van der Waals surface area contributed by atoms with Gasteiger partial charge in [0, 0.05) is 12.7 Å². The molecule has 3 rings (SSSR count). The van der Waals surface area contributed by atoms with Gasteiger partial charge in [-0.05, 0) is 48.4 Å². The highest BCUT2D eigenvalue weighted by Gasteiger charge is 2.32. The summed E-state index contributed by atoms with van der Waals surface area (Å²) in [6.07, 6.45) is 9.94. The molecule has 2 heterocycles. The van der Waals surface area contributed by atoms with Crippen LogP contribution >= 0.6 is 0 Å². The molecule has 1 aromatic heterocycles. The summed E-state index contributed by atoms with van der Waals surface area (Å²) in [5, 5.41) is 3.49. The predicted octanol–water partition coefficient (Wildman–Crippen LogP) is 2.62. The van der Waals surface area contributed by atoms with Crippen molar-refractivity contribution in [2.24, 2.45) is 11.8 Å². The van der Waals surface area contributed by atoms with E-state index in [1.807, 2.05) is 6.20 Å². The lowest BCUT2D eigenvalue weighted by molar-refractivity contribution is 0.328. The van der Waals surface area contributed by atoms with E-state index >= 15 is 0 Å². The zero-order valence-corrected chi connectivity index (χ0v) is 10.4. The average molecular weight is 242 g/mol. The van der Waals surface area contributed by atoms with Crippen LogP contribution in [-0.4, -0.2) is 18.1 Å². The number of aromatic nitrogens is 1. The van der Waals surface area contributed by atoms with Crippen LogP contribution in [0.2, 0.25) is 0 Å². The molecule has 1 fully saturated rings. The Hall–Kier alpha value is -1.61. The Labute approximate surface area is 108 Å². The van der Waals surface area contributed by atoms with Crippen molar-refractivity contribution in [1.82, 2.24) is 10.3 Å². The lowest BCUT2D eigenvalue weighted by Crippen LogP contribution is -2.34. The van der Waals surface area contributed by atoms with Gasteiger partial charge in [0.1, 0.15) is 5.75 Å². The summed E-state index contributed by atoms with van der Waals surface area (Å²) < 4.78 is 5.30. The minimum Gasteiger partial charge on any atom is -0.464 e. The van der Waals surface area contributed by atoms with E-state index in [1.165, 1.54) is 30.2 Å². The number of allylic oxidation sites excluding steroid dienone is 1. The van der Waals surface area contributed by atoms with Crippen molar-refractivity contribution in [2.75, 3.05) is 13.1 Å². The summed E-state index contributed by atoms with van der Waals surface area (Å²) in [5.74, 6) is 2.21. The third kappa shape index (κ3) is 2.06. The average Bonchev–Trinajstić information content (AvgIpc) is 2.83. The largest absolute Gasteiger partial charge is 0.464 e. The van der Waals surface area contributed by atoms with Crippen molar-refractivity contribution < 1.29 is 4.74 Å². The first-order valence-electron chi connectivity index (χ1n) is 6.52. The Kier molecular flexibility index (Phi) is 3.15. The van der Waals surface area contributed by atoms with E-state index < -0.39 is 0 Å². The maximum Gasteiger partial charge on any atom is 0.145 e. The normalized spacial score (nSPS) is 26.3. The van der Waals surface area contributed by atoms with Crippen LogP contribution in [0.15, 0.2) is 37.4 Å². The number of ether oxygens (including phenoxy) is 1. The van der Waals surface area contributed by atoms with Gasteiger partial charge < -0.3 is 10.1 Å². The number of fused-ring (bicyclic) bond motifs is 1. The zero-order chi connectivity index (χ0) is 12.4. The summed E-state index contributed by atoms with van der Waals surface area (Å²) in [5.41, 5.74) is 2.61. The Bertz CT molecular complexity index is 481. The number of rotatable bonds is 3. The topological polar surface area (TPSA) is 34.1 Å². The summed E-state index contributed by atoms with van der Waals surface area (Å²) >= 11 is 0. The van der Waals surface area contributed by atoms with Gasteiger partial charge in [0.05, 0.1) is 12.5 Å². The predicted molar refractivity (Wildman–Crippen MR) is 72.1 cm³/mol. The van der Waals surface area contributed by atoms with Gasteiger partial charge in [0.25, 0.3) is 0 Å². The SMILES string of the molecule is C=COc1cncc(C2=CC[C@@H]3CCNC[C@H]23)c1. The molecule has 94 valence electrons. The van der Waals surface area contributed by atoms with Crippen LogP contribution in [0.4, 0.5) is 0 Å². The molecular weight excluding hydrogens is 224 g/mol. The lowest BCUT2D eigenvalue weighted by atomic mass is 9.84. The minimum absolute atomic E-state index is 0.638. The van der Waals surface area contributed by atoms with Gasteiger partial charge in [-0.1, -0.05) is 12.7 Å². The molecule has 1 saturated heterocycles. The van der Waals surface area contributed by atoms with E-state index in [2.05, 4.69) is 29.0 Å². The standard InChI is InChI=1S/C15H18N2O/c1-2-18-13-7-12(8-17-9-13)14-4-3-11-5-6-16-10-15(11)14/h2,4,7-9,11,15-16H,1,3,5-6,10H2/t11-,15+/m1/s1. The molecule has 2 atom stereocenters. The Morgan fingerprint density at radius 3 is 3.28 bits per heavy atom. The first-order valence-corrected chi connectivity index (χ1v) is 6.52. The van der Waals surface area contributed by atoms with Gasteiger partial charge in [-0.3, -0.25) is 4.98 Å². The number of nitrogens with one attached hydrogen (secondary N) is 1. The van der Waals surface area contributed by atoms with Gasteiger partial charge in [-0.25, -0.2) is 0 Å². The number of hydrogen-bond donors (Lipinski definition) is 1. The van der Waals surface area contributed by atoms with Gasteiger partial charge in [-0.2, -0.15) is 0 Å². The molecule has 18 heavy (non-hydrogen) atoms. The van der Waals surface area contributed by atoms with Crippen molar-refractivity contribution in [3.05, 3.63) is 42.9 Å². The number of hydrogen-bond acceptors (Lipinski definition) is 3. The van der Waals surface area contributed by atoms with E-state index in [-0.39, 0.29) is 0 Å². The van der Waals surface area contributed by atoms with Crippen molar-refractivity contribution in [3.8, 4) is 5.75 Å². The minimum atomic E-state index is 0.638. The van der Waals surface area contributed by atoms with Crippen LogP contribution in [0.1, 0.15) is 18.4 Å². The van der Waals surface area contributed by atoms with E-state index in [4.69, 9.17) is 4.74 Å². The van der Waals surface area contributed by atoms with Crippen LogP contribution in [0.25, 0.3) is 5.57 Å². The summed E-state index contributed by atoms with van der Waals surface area (Å²) in [6, 6.07) is 2.05. The highest BCUT2D eigenvalue weighted by atomic mass is 16.5. The maximum absolute atomic E-state index is 5.30. The molecule has 1 aliphatic carbocycles. The van der Waals surface area contributed by atoms with Gasteiger partial charge in [0.15, 0.2) is 0 Å². The highest BCUT2D eigenvalue weighted by Crippen LogP contribution is 2.41. The quantitative estimate of drug-likeness (QED) is 0.827. The fourth-order valence-corrected chi connectivity index (χ4v) is 3.06. The lowest BCUT2D eigenvalue weighted by Gasteiger charge is -2.28. The molecule has 0 bridgehead atoms. The van der Waals surface area contributed by atoms with Crippen molar-refractivity contribution in [1.29, 1.82) is 0 Å². The second-order valence-electron chi connectivity index (χ2n) is 4.95. The first kappa shape index (κ1) is 11.5. The number of nitrogens with zero attached hydrogens (tertiary/aromatic N) is 1. The Morgan fingerprint density at radius 2 is 2.39 bits per heavy atom. The van der Waals surface area contributed by atoms with Gasteiger partial charge in [0.2, 0.25) is 0 Å². The molecule has 1 aromatic rings. The van der Waals surface area contributed by atoms with Crippen LogP contribution < -0.4 is 10.1 Å². The fraction of sp³-hybridized carbons (Fsp3) is 0.400. The zero-order valence-electron chi connectivity index (χ0n) is 10.4. The Balaban J connectivity index is 1.86. The highest BCUT2D eigenvalue weighted by molar-refractivity contribution is 5.70. The molecule has 0 amide bonds. The molecule has 0 spiro atoms. The third-order valence-electron chi connectivity index (χ3n) is 3.93. The Morgan fingerprint density at radius 1 is 1.44 bits per heavy atom. The molecule has 1 aliphatic heterocycles. The maximum atomic E-state index is 5.30. The fourth-order valence-electron chi connectivity index (χ4n) is 3.06. The molecule has 1 N–H and O–H groups in total. The molecule has 0 saturated carbocycles. The van der Waals surface area contributed by atoms with Crippen LogP contribution in [-0.2, 0) is 0 Å². The number of piperidine rings is 1. The first-order chi connectivity index (χ1) is 8.88. The van der Waals surface area contributed by atoms with Crippen molar-refractivity contribution in [2.45, 2.75) is 12.8 Å². The molecule has 0 aromatic carbocycles. The third-order valence-corrected chi connectivity index (χ3v) is 3.93. The van der Waals surface area contributed by atoms with Gasteiger partial charge >= 0.3 is 0 Å². The van der Waals surface area contributed by atoms with E-state index in [9.17, 15) is 0 Å². The van der Waals surface area contributed by atoms with Crippen LogP contribution in [0.5, 0.6) is 5.75 Å². The molecule has 0 unspecified atom stereocenters. The van der Waals surface area contributed by atoms with Crippen LogP contribution in [0.3, 0.4) is 0 Å². The second-order valence-corrected chi connectivity index (χ2v) is 4.95. The second kappa shape index (κ2) is 4.94. The molecular formula is C15H18N2O. The van der Waals surface area contributed by atoms with Crippen molar-refractivity contribution in [3.63, 3.8) is 0 Å². The smallest absolute Gasteiger partial charge is 0.145 e. The van der Waals surface area contributed by atoms with E-state index in [0.717, 1.165) is 24.8 Å². The summed E-state index contributed by atoms with van der Waals surface area (Å²) in [4.78, 5) is 4.25. The summed E-state index contributed by atoms with van der Waals surface area (Å²) in [6.45, 7) is 5.81. The molecule has 2 aliphatic rings. The monoisotopic (exact) mass is 242 g/mol. The van der Waals surface area contributed by atoms with Crippen LogP contribution in [0, 0.1) is 11.8 Å². The molecule has 3 heteroatoms.